The highest BCUT2D eigenvalue weighted by Gasteiger charge is 2.30. The third kappa shape index (κ3) is 6.02. The number of sulfone groups is 1. The summed E-state index contributed by atoms with van der Waals surface area (Å²) in [7, 11) is -8.03. The van der Waals surface area contributed by atoms with Gasteiger partial charge in [0.1, 0.15) is 6.54 Å². The van der Waals surface area contributed by atoms with E-state index in [0.717, 1.165) is 12.1 Å². The fraction of sp³-hybridized carbons (Fsp3) is 0.235. The molecule has 0 aliphatic rings. The Kier molecular flexibility index (Phi) is 6.71. The van der Waals surface area contributed by atoms with Gasteiger partial charge in [0.15, 0.2) is 9.84 Å². The molecular formula is C17H17F3N2O5S2. The summed E-state index contributed by atoms with van der Waals surface area (Å²) in [5, 5.41) is 2.43. The van der Waals surface area contributed by atoms with Gasteiger partial charge >= 0.3 is 6.18 Å². The smallest absolute Gasteiger partial charge is 0.322 e. The van der Waals surface area contributed by atoms with E-state index in [9.17, 15) is 34.8 Å². The highest BCUT2D eigenvalue weighted by atomic mass is 32.2. The van der Waals surface area contributed by atoms with Gasteiger partial charge in [-0.2, -0.15) is 13.2 Å². The van der Waals surface area contributed by atoms with E-state index in [1.807, 2.05) is 0 Å². The number of hydrogen-bond acceptors (Lipinski definition) is 5. The Morgan fingerprint density at radius 1 is 0.966 bits per heavy atom. The van der Waals surface area contributed by atoms with Gasteiger partial charge in [0.25, 0.3) is 5.91 Å². The number of hydrogen-bond donors (Lipinski definition) is 2. The number of benzene rings is 2. The number of carbonyl (C=O) groups is 1. The first-order valence-electron chi connectivity index (χ1n) is 8.15. The number of rotatable bonds is 7. The molecule has 0 heterocycles. The average Bonchev–Trinajstić information content (AvgIpc) is 2.66. The first kappa shape index (κ1) is 22.8. The van der Waals surface area contributed by atoms with Crippen LogP contribution >= 0.6 is 0 Å². The van der Waals surface area contributed by atoms with Crippen molar-refractivity contribution in [3.63, 3.8) is 0 Å². The minimum atomic E-state index is -4.70. The van der Waals surface area contributed by atoms with Gasteiger partial charge in [0, 0.05) is 5.69 Å². The zero-order chi connectivity index (χ0) is 21.9. The van der Waals surface area contributed by atoms with Crippen molar-refractivity contribution in [2.24, 2.45) is 0 Å². The van der Waals surface area contributed by atoms with Crippen LogP contribution < -0.4 is 10.0 Å². The molecule has 0 radical (unpaired) electrons. The zero-order valence-corrected chi connectivity index (χ0v) is 16.7. The Balaban J connectivity index is 2.20. The van der Waals surface area contributed by atoms with Gasteiger partial charge in [-0.1, -0.05) is 19.1 Å². The molecule has 1 amide bonds. The lowest BCUT2D eigenvalue weighted by molar-refractivity contribution is -0.121. The summed E-state index contributed by atoms with van der Waals surface area (Å²) in [4.78, 5) is 11.9. The second-order valence-corrected chi connectivity index (χ2v) is 9.83. The molecule has 0 saturated carbocycles. The summed E-state index contributed by atoms with van der Waals surface area (Å²) in [5.74, 6) is -0.933. The van der Waals surface area contributed by atoms with Crippen LogP contribution in [0.5, 0.6) is 0 Å². The summed E-state index contributed by atoms with van der Waals surface area (Å²) in [6.07, 6.45) is -4.70. The molecule has 2 aromatic rings. The molecule has 0 spiro atoms. The standard InChI is InChI=1S/C17H17F3N2O5S2/c1-2-28(24,25)15-6-4-3-5-14(15)16(23)22-12-7-9-13(10-8-12)29(26,27)21-11-17(18,19)20/h3-10,21H,2,11H2,1H3,(H,22,23). The van der Waals surface area contributed by atoms with Crippen molar-refractivity contribution in [3.05, 3.63) is 54.1 Å². The largest absolute Gasteiger partial charge is 0.402 e. The number of nitrogens with one attached hydrogen (secondary N) is 2. The Morgan fingerprint density at radius 3 is 2.10 bits per heavy atom. The fourth-order valence-corrected chi connectivity index (χ4v) is 4.36. The molecule has 0 atom stereocenters. The molecule has 158 valence electrons. The highest BCUT2D eigenvalue weighted by Crippen LogP contribution is 2.20. The van der Waals surface area contributed by atoms with E-state index < -0.39 is 43.4 Å². The number of carbonyl (C=O) groups excluding carboxylic acids is 1. The molecule has 0 aliphatic carbocycles. The first-order valence-corrected chi connectivity index (χ1v) is 11.3. The lowest BCUT2D eigenvalue weighted by Crippen LogP contribution is -2.33. The Hall–Kier alpha value is -2.44. The molecule has 0 aliphatic heterocycles. The zero-order valence-electron chi connectivity index (χ0n) is 15.0. The molecule has 12 heteroatoms. The molecule has 0 aromatic heterocycles. The molecule has 0 unspecified atom stereocenters. The van der Waals surface area contributed by atoms with E-state index in [0.29, 0.717) is 0 Å². The topological polar surface area (TPSA) is 109 Å². The maximum absolute atomic E-state index is 12.5. The molecule has 0 fully saturated rings. The van der Waals surface area contributed by atoms with Gasteiger partial charge in [-0.25, -0.2) is 21.6 Å². The van der Waals surface area contributed by atoms with Gasteiger partial charge in [0.2, 0.25) is 10.0 Å². The summed E-state index contributed by atoms with van der Waals surface area (Å²) in [5.41, 5.74) is 0.0476. The number of sulfonamides is 1. The maximum atomic E-state index is 12.5. The predicted molar refractivity (Wildman–Crippen MR) is 99.8 cm³/mol. The van der Waals surface area contributed by atoms with E-state index in [-0.39, 0.29) is 21.9 Å². The molecule has 0 bridgehead atoms. The third-order valence-electron chi connectivity index (χ3n) is 3.73. The number of alkyl halides is 3. The maximum Gasteiger partial charge on any atom is 0.402 e. The van der Waals surface area contributed by atoms with Crippen molar-refractivity contribution in [1.29, 1.82) is 0 Å². The quantitative estimate of drug-likeness (QED) is 0.674. The van der Waals surface area contributed by atoms with Gasteiger partial charge in [-0.05, 0) is 36.4 Å². The highest BCUT2D eigenvalue weighted by molar-refractivity contribution is 7.91. The molecule has 7 nitrogen and oxygen atoms in total. The van der Waals surface area contributed by atoms with Crippen molar-refractivity contribution >= 4 is 31.5 Å². The molecule has 2 rings (SSSR count). The van der Waals surface area contributed by atoms with Crippen LogP contribution in [0.4, 0.5) is 18.9 Å². The van der Waals surface area contributed by atoms with E-state index in [1.165, 1.54) is 48.0 Å². The number of amides is 1. The van der Waals surface area contributed by atoms with E-state index in [2.05, 4.69) is 5.32 Å². The summed E-state index contributed by atoms with van der Waals surface area (Å²) >= 11 is 0. The summed E-state index contributed by atoms with van der Waals surface area (Å²) in [6.45, 7) is -0.271. The molecule has 0 saturated heterocycles. The van der Waals surface area contributed by atoms with Crippen LogP contribution in [0.1, 0.15) is 17.3 Å². The van der Waals surface area contributed by atoms with E-state index >= 15 is 0 Å². The second kappa shape index (κ2) is 8.51. The Morgan fingerprint density at radius 2 is 1.55 bits per heavy atom. The molecule has 2 aromatic carbocycles. The van der Waals surface area contributed by atoms with Crippen LogP contribution in [-0.4, -0.2) is 41.2 Å². The van der Waals surface area contributed by atoms with E-state index in [1.54, 1.807) is 0 Å². The fourth-order valence-electron chi connectivity index (χ4n) is 2.26. The third-order valence-corrected chi connectivity index (χ3v) is 6.94. The van der Waals surface area contributed by atoms with Crippen LogP contribution in [0.25, 0.3) is 0 Å². The van der Waals surface area contributed by atoms with Crippen LogP contribution in [0.15, 0.2) is 58.3 Å². The SMILES string of the molecule is CCS(=O)(=O)c1ccccc1C(=O)Nc1ccc(S(=O)(=O)NCC(F)(F)F)cc1. The molecular weight excluding hydrogens is 433 g/mol. The minimum absolute atomic E-state index is 0.0853. The Bertz CT molecular complexity index is 1100. The number of halogens is 3. The van der Waals surface area contributed by atoms with Gasteiger partial charge < -0.3 is 5.32 Å². The van der Waals surface area contributed by atoms with Crippen LogP contribution in [0, 0.1) is 0 Å². The van der Waals surface area contributed by atoms with Gasteiger partial charge in [-0.15, -0.1) is 0 Å². The van der Waals surface area contributed by atoms with Crippen molar-refractivity contribution in [1.82, 2.24) is 4.72 Å². The van der Waals surface area contributed by atoms with Gasteiger partial charge in [-0.3, -0.25) is 4.79 Å². The number of anilines is 1. The monoisotopic (exact) mass is 450 g/mol. The Labute approximate surface area is 165 Å². The average molecular weight is 450 g/mol. The van der Waals surface area contributed by atoms with Crippen molar-refractivity contribution < 1.29 is 34.8 Å². The van der Waals surface area contributed by atoms with Gasteiger partial charge in [0.05, 0.1) is 21.1 Å². The lowest BCUT2D eigenvalue weighted by atomic mass is 10.2. The first-order chi connectivity index (χ1) is 13.4. The van der Waals surface area contributed by atoms with E-state index in [4.69, 9.17) is 0 Å². The van der Waals surface area contributed by atoms with Crippen LogP contribution in [0.3, 0.4) is 0 Å². The van der Waals surface area contributed by atoms with Crippen molar-refractivity contribution in [2.75, 3.05) is 17.6 Å². The van der Waals surface area contributed by atoms with Crippen LogP contribution in [0.2, 0.25) is 0 Å². The van der Waals surface area contributed by atoms with Crippen molar-refractivity contribution in [2.45, 2.75) is 22.9 Å². The van der Waals surface area contributed by atoms with Crippen molar-refractivity contribution in [3.8, 4) is 0 Å². The minimum Gasteiger partial charge on any atom is -0.322 e. The lowest BCUT2D eigenvalue weighted by Gasteiger charge is -2.11. The normalized spacial score (nSPS) is 12.6. The second-order valence-electron chi connectivity index (χ2n) is 5.82. The van der Waals surface area contributed by atoms with Crippen LogP contribution in [-0.2, 0) is 19.9 Å². The predicted octanol–water partition coefficient (Wildman–Crippen LogP) is 2.57. The summed E-state index contributed by atoms with van der Waals surface area (Å²) in [6, 6.07) is 9.99. The molecule has 29 heavy (non-hydrogen) atoms. The summed E-state index contributed by atoms with van der Waals surface area (Å²) < 4.78 is 86.0. The molecule has 2 N–H and O–H groups in total.